The fourth-order valence-electron chi connectivity index (χ4n) is 2.83. The first-order valence-electron chi connectivity index (χ1n) is 8.69. The maximum Gasteiger partial charge on any atom is 0.263 e. The van der Waals surface area contributed by atoms with Crippen LogP contribution in [0.15, 0.2) is 65.6 Å². The van der Waals surface area contributed by atoms with Crippen LogP contribution in [0.25, 0.3) is 11.1 Å². The zero-order valence-electron chi connectivity index (χ0n) is 15.6. The fourth-order valence-corrected chi connectivity index (χ4v) is 3.83. The summed E-state index contributed by atoms with van der Waals surface area (Å²) in [6, 6.07) is 17.9. The van der Waals surface area contributed by atoms with Crippen molar-refractivity contribution in [2.75, 3.05) is 11.3 Å². The van der Waals surface area contributed by atoms with E-state index < -0.39 is 10.0 Å². The van der Waals surface area contributed by atoms with Gasteiger partial charge in [-0.25, -0.2) is 13.4 Å². The van der Waals surface area contributed by atoms with Crippen molar-refractivity contribution in [1.82, 2.24) is 4.98 Å². The smallest absolute Gasteiger partial charge is 0.263 e. The van der Waals surface area contributed by atoms with Crippen LogP contribution in [0.2, 0.25) is 0 Å². The Labute approximate surface area is 160 Å². The minimum absolute atomic E-state index is 0.193. The summed E-state index contributed by atoms with van der Waals surface area (Å²) in [6.45, 7) is 6.38. The molecule has 0 radical (unpaired) electrons. The quantitative estimate of drug-likeness (QED) is 0.678. The largest absolute Gasteiger partial charge is 0.494 e. The lowest BCUT2D eigenvalue weighted by atomic mass is 10.0. The summed E-state index contributed by atoms with van der Waals surface area (Å²) in [6.07, 6.45) is 0. The van der Waals surface area contributed by atoms with E-state index in [4.69, 9.17) is 4.74 Å². The zero-order valence-corrected chi connectivity index (χ0v) is 16.4. The van der Waals surface area contributed by atoms with Crippen LogP contribution in [0, 0.1) is 13.8 Å². The molecule has 0 fully saturated rings. The Morgan fingerprint density at radius 2 is 1.74 bits per heavy atom. The van der Waals surface area contributed by atoms with Crippen molar-refractivity contribution in [3.63, 3.8) is 0 Å². The van der Waals surface area contributed by atoms with Gasteiger partial charge in [-0.1, -0.05) is 24.3 Å². The Hall–Kier alpha value is -2.86. The van der Waals surface area contributed by atoms with Crippen LogP contribution in [0.5, 0.6) is 5.75 Å². The highest BCUT2D eigenvalue weighted by Crippen LogP contribution is 2.28. The average Bonchev–Trinajstić information content (AvgIpc) is 2.62. The van der Waals surface area contributed by atoms with Crippen molar-refractivity contribution < 1.29 is 13.2 Å². The summed E-state index contributed by atoms with van der Waals surface area (Å²) in [5.74, 6) is 1.13. The van der Waals surface area contributed by atoms with E-state index in [1.807, 2.05) is 45.0 Å². The summed E-state index contributed by atoms with van der Waals surface area (Å²) in [5, 5.41) is 0. The zero-order chi connectivity index (χ0) is 19.4. The second-order valence-electron chi connectivity index (χ2n) is 6.20. The van der Waals surface area contributed by atoms with E-state index in [1.54, 1.807) is 36.4 Å². The third-order valence-corrected chi connectivity index (χ3v) is 5.48. The van der Waals surface area contributed by atoms with Crippen molar-refractivity contribution in [3.05, 3.63) is 71.9 Å². The topological polar surface area (TPSA) is 68.3 Å². The highest BCUT2D eigenvalue weighted by Gasteiger charge is 2.15. The molecule has 0 saturated carbocycles. The van der Waals surface area contributed by atoms with E-state index in [1.165, 1.54) is 0 Å². The molecule has 0 aliphatic carbocycles. The number of benzene rings is 2. The van der Waals surface area contributed by atoms with Crippen molar-refractivity contribution >= 4 is 15.8 Å². The van der Waals surface area contributed by atoms with Crippen LogP contribution in [0.1, 0.15) is 18.2 Å². The van der Waals surface area contributed by atoms with Crippen LogP contribution in [-0.4, -0.2) is 20.0 Å². The molecule has 0 atom stereocenters. The monoisotopic (exact) mass is 382 g/mol. The van der Waals surface area contributed by atoms with Gasteiger partial charge in [0.1, 0.15) is 11.6 Å². The molecule has 27 heavy (non-hydrogen) atoms. The van der Waals surface area contributed by atoms with Gasteiger partial charge in [0.05, 0.1) is 11.5 Å². The van der Waals surface area contributed by atoms with Gasteiger partial charge in [0.25, 0.3) is 10.0 Å². The predicted molar refractivity (Wildman–Crippen MR) is 108 cm³/mol. The van der Waals surface area contributed by atoms with Gasteiger partial charge in [-0.2, -0.15) is 0 Å². The highest BCUT2D eigenvalue weighted by atomic mass is 32.2. The molecule has 6 heteroatoms. The number of rotatable bonds is 6. The van der Waals surface area contributed by atoms with Gasteiger partial charge in [0.2, 0.25) is 0 Å². The van der Waals surface area contributed by atoms with Crippen molar-refractivity contribution in [2.24, 2.45) is 0 Å². The van der Waals surface area contributed by atoms with Gasteiger partial charge in [0, 0.05) is 5.69 Å². The van der Waals surface area contributed by atoms with Crippen LogP contribution in [0.4, 0.5) is 5.82 Å². The Kier molecular flexibility index (Phi) is 5.46. The molecule has 0 aliphatic heterocycles. The first kappa shape index (κ1) is 18.9. The summed E-state index contributed by atoms with van der Waals surface area (Å²) in [4.78, 5) is 4.37. The molecule has 5 nitrogen and oxygen atoms in total. The Balaban J connectivity index is 1.84. The first-order chi connectivity index (χ1) is 12.9. The van der Waals surface area contributed by atoms with E-state index in [0.717, 1.165) is 28.1 Å². The lowest BCUT2D eigenvalue weighted by Crippen LogP contribution is -2.14. The molecule has 3 aromatic rings. The normalized spacial score (nSPS) is 11.2. The third kappa shape index (κ3) is 4.46. The average molecular weight is 382 g/mol. The number of aryl methyl sites for hydroxylation is 2. The van der Waals surface area contributed by atoms with Crippen LogP contribution >= 0.6 is 0 Å². The molecular weight excluding hydrogens is 360 g/mol. The van der Waals surface area contributed by atoms with Crippen molar-refractivity contribution in [2.45, 2.75) is 25.7 Å². The van der Waals surface area contributed by atoms with Crippen LogP contribution in [-0.2, 0) is 10.0 Å². The summed E-state index contributed by atoms with van der Waals surface area (Å²) < 4.78 is 33.2. The number of nitrogens with one attached hydrogen (secondary N) is 1. The molecule has 2 aromatic carbocycles. The van der Waals surface area contributed by atoms with E-state index in [9.17, 15) is 8.42 Å². The Bertz CT molecular complexity index is 1050. The molecule has 0 saturated heterocycles. The molecule has 0 unspecified atom stereocenters. The Morgan fingerprint density at radius 3 is 2.37 bits per heavy atom. The number of hydrogen-bond donors (Lipinski definition) is 1. The number of sulfonamides is 1. The van der Waals surface area contributed by atoms with Gasteiger partial charge in [-0.15, -0.1) is 0 Å². The molecule has 0 amide bonds. The standard InChI is InChI=1S/C21H22N2O3S/c1-4-26-18-10-13-20(15(2)14-18)17-8-11-19(12-9-17)27(24,25)23-21-7-5-6-16(3)22-21/h5-14H,4H2,1-3H3,(H,22,23). The van der Waals surface area contributed by atoms with E-state index in [0.29, 0.717) is 12.4 Å². The minimum Gasteiger partial charge on any atom is -0.494 e. The molecule has 0 bridgehead atoms. The number of pyridine rings is 1. The minimum atomic E-state index is -3.69. The number of anilines is 1. The molecule has 1 N–H and O–H groups in total. The van der Waals surface area contributed by atoms with Gasteiger partial charge in [-0.05, 0) is 73.9 Å². The lowest BCUT2D eigenvalue weighted by Gasteiger charge is -2.11. The summed E-state index contributed by atoms with van der Waals surface area (Å²) in [7, 11) is -3.69. The maximum atomic E-state index is 12.6. The van der Waals surface area contributed by atoms with Crippen molar-refractivity contribution in [1.29, 1.82) is 0 Å². The van der Waals surface area contributed by atoms with Gasteiger partial charge >= 0.3 is 0 Å². The molecule has 3 rings (SSSR count). The van der Waals surface area contributed by atoms with Crippen LogP contribution < -0.4 is 9.46 Å². The van der Waals surface area contributed by atoms with Crippen molar-refractivity contribution in [3.8, 4) is 16.9 Å². The number of nitrogens with zero attached hydrogens (tertiary/aromatic N) is 1. The van der Waals surface area contributed by atoms with Gasteiger partial charge in [0.15, 0.2) is 0 Å². The predicted octanol–water partition coefficient (Wildman–Crippen LogP) is 4.56. The second kappa shape index (κ2) is 7.80. The number of hydrogen-bond acceptors (Lipinski definition) is 4. The maximum absolute atomic E-state index is 12.6. The summed E-state index contributed by atoms with van der Waals surface area (Å²) >= 11 is 0. The molecule has 1 aromatic heterocycles. The molecule has 0 aliphatic rings. The van der Waals surface area contributed by atoms with Gasteiger partial charge in [-0.3, -0.25) is 4.72 Å². The van der Waals surface area contributed by atoms with E-state index in [-0.39, 0.29) is 4.90 Å². The van der Waals surface area contributed by atoms with E-state index >= 15 is 0 Å². The summed E-state index contributed by atoms with van der Waals surface area (Å²) in [5.41, 5.74) is 3.80. The molecule has 0 spiro atoms. The second-order valence-corrected chi connectivity index (χ2v) is 7.89. The van der Waals surface area contributed by atoms with E-state index in [2.05, 4.69) is 9.71 Å². The van der Waals surface area contributed by atoms with Gasteiger partial charge < -0.3 is 4.74 Å². The molecule has 1 heterocycles. The fraction of sp³-hybridized carbons (Fsp3) is 0.190. The number of ether oxygens (including phenoxy) is 1. The third-order valence-electron chi connectivity index (χ3n) is 4.11. The highest BCUT2D eigenvalue weighted by molar-refractivity contribution is 7.92. The molecule has 140 valence electrons. The molecular formula is C21H22N2O3S. The SMILES string of the molecule is CCOc1ccc(-c2ccc(S(=O)(=O)Nc3cccc(C)n3)cc2)c(C)c1. The number of aromatic nitrogens is 1. The Morgan fingerprint density at radius 1 is 1.00 bits per heavy atom. The first-order valence-corrected chi connectivity index (χ1v) is 10.2. The lowest BCUT2D eigenvalue weighted by molar-refractivity contribution is 0.340. The van der Waals surface area contributed by atoms with Crippen LogP contribution in [0.3, 0.4) is 0 Å².